The summed E-state index contributed by atoms with van der Waals surface area (Å²) in [4.78, 5) is 6.08. The van der Waals surface area contributed by atoms with Crippen molar-refractivity contribution in [2.24, 2.45) is 0 Å². The van der Waals surface area contributed by atoms with E-state index in [9.17, 15) is 0 Å². The molecule has 0 aliphatic carbocycles. The maximum absolute atomic E-state index is 4.75. The summed E-state index contributed by atoms with van der Waals surface area (Å²) in [6.07, 6.45) is 3.05. The highest BCUT2D eigenvalue weighted by Crippen LogP contribution is 2.30. The van der Waals surface area contributed by atoms with Crippen LogP contribution < -0.4 is 5.32 Å². The minimum absolute atomic E-state index is 0.300. The summed E-state index contributed by atoms with van der Waals surface area (Å²) in [6.45, 7) is 0. The van der Waals surface area contributed by atoms with Crippen LogP contribution in [-0.2, 0) is 6.42 Å². The fourth-order valence-electron chi connectivity index (χ4n) is 2.50. The molecule has 3 rings (SSSR count). The predicted molar refractivity (Wildman–Crippen MR) is 93.3 cm³/mol. The topological polar surface area (TPSA) is 24.9 Å². The average Bonchev–Trinajstić information content (AvgIpc) is 2.95. The van der Waals surface area contributed by atoms with Crippen LogP contribution in [0.2, 0.25) is 0 Å². The van der Waals surface area contributed by atoms with Crippen molar-refractivity contribution >= 4 is 33.3 Å². The Morgan fingerprint density at radius 2 is 1.90 bits per heavy atom. The molecule has 0 saturated heterocycles. The van der Waals surface area contributed by atoms with E-state index >= 15 is 0 Å². The van der Waals surface area contributed by atoms with Gasteiger partial charge in [-0.15, -0.1) is 23.1 Å². The number of hydrogen-bond donors (Lipinski definition) is 1. The summed E-state index contributed by atoms with van der Waals surface area (Å²) in [6, 6.07) is 17.2. The van der Waals surface area contributed by atoms with E-state index < -0.39 is 0 Å². The summed E-state index contributed by atoms with van der Waals surface area (Å²) in [7, 11) is 2.02. The third-order valence-corrected chi connectivity index (χ3v) is 5.45. The summed E-state index contributed by atoms with van der Waals surface area (Å²) in [5.74, 6) is 0. The maximum atomic E-state index is 4.75. The van der Waals surface area contributed by atoms with Gasteiger partial charge in [0, 0.05) is 17.4 Å². The number of likely N-dealkylation sites (N-methyl/N-ethyl adjacent to an activating group) is 1. The lowest BCUT2D eigenvalue weighted by Crippen LogP contribution is -2.19. The average molecular weight is 314 g/mol. The lowest BCUT2D eigenvalue weighted by Gasteiger charge is -2.18. The number of thioether (sulfide) groups is 1. The highest BCUT2D eigenvalue weighted by atomic mass is 32.2. The van der Waals surface area contributed by atoms with E-state index in [0.29, 0.717) is 6.04 Å². The highest BCUT2D eigenvalue weighted by molar-refractivity contribution is 7.98. The fourth-order valence-corrected chi connectivity index (χ4v) is 4.18. The van der Waals surface area contributed by atoms with Gasteiger partial charge in [-0.25, -0.2) is 4.98 Å². The molecule has 1 unspecified atom stereocenters. The molecule has 2 nitrogen and oxygen atoms in total. The number of para-hydroxylation sites is 1. The van der Waals surface area contributed by atoms with Crippen LogP contribution in [0.25, 0.3) is 10.2 Å². The van der Waals surface area contributed by atoms with Crippen molar-refractivity contribution in [1.29, 1.82) is 0 Å². The lowest BCUT2D eigenvalue weighted by molar-refractivity contribution is 0.582. The molecule has 0 bridgehead atoms. The van der Waals surface area contributed by atoms with Gasteiger partial charge in [0.2, 0.25) is 0 Å². The van der Waals surface area contributed by atoms with Crippen molar-refractivity contribution in [2.75, 3.05) is 13.3 Å². The zero-order chi connectivity index (χ0) is 14.7. The van der Waals surface area contributed by atoms with Crippen LogP contribution in [0.1, 0.15) is 16.6 Å². The minimum Gasteiger partial charge on any atom is -0.313 e. The van der Waals surface area contributed by atoms with Crippen molar-refractivity contribution < 1.29 is 0 Å². The zero-order valence-corrected chi connectivity index (χ0v) is 13.8. The lowest BCUT2D eigenvalue weighted by atomic mass is 10.0. The smallest absolute Gasteiger partial charge is 0.0957 e. The van der Waals surface area contributed by atoms with Crippen molar-refractivity contribution in [3.05, 3.63) is 59.1 Å². The van der Waals surface area contributed by atoms with E-state index in [1.165, 1.54) is 20.2 Å². The molecular formula is C17H18N2S2. The van der Waals surface area contributed by atoms with E-state index in [1.807, 2.05) is 13.1 Å². The molecule has 0 aliphatic rings. The number of thiazole rings is 1. The third-order valence-electron chi connectivity index (χ3n) is 3.58. The van der Waals surface area contributed by atoms with Crippen LogP contribution in [0, 0.1) is 0 Å². The first kappa shape index (κ1) is 14.6. The van der Waals surface area contributed by atoms with E-state index in [1.54, 1.807) is 23.1 Å². The first-order chi connectivity index (χ1) is 10.3. The highest BCUT2D eigenvalue weighted by Gasteiger charge is 2.15. The summed E-state index contributed by atoms with van der Waals surface area (Å²) in [5.41, 5.74) is 2.46. The van der Waals surface area contributed by atoms with Crippen LogP contribution in [-0.4, -0.2) is 18.3 Å². The number of rotatable bonds is 5. The Kier molecular flexibility index (Phi) is 4.58. The Bertz CT molecular complexity index is 703. The molecule has 1 aromatic heterocycles. The molecule has 1 heterocycles. The molecule has 0 fully saturated rings. The summed E-state index contributed by atoms with van der Waals surface area (Å²) in [5, 5.41) is 4.63. The van der Waals surface area contributed by atoms with Gasteiger partial charge in [-0.2, -0.15) is 0 Å². The molecule has 108 valence electrons. The minimum atomic E-state index is 0.300. The number of aromatic nitrogens is 1. The van der Waals surface area contributed by atoms with E-state index in [2.05, 4.69) is 54.0 Å². The van der Waals surface area contributed by atoms with Gasteiger partial charge < -0.3 is 5.32 Å². The quantitative estimate of drug-likeness (QED) is 0.701. The number of benzene rings is 2. The largest absolute Gasteiger partial charge is 0.313 e. The molecule has 1 N–H and O–H groups in total. The van der Waals surface area contributed by atoms with Gasteiger partial charge in [-0.3, -0.25) is 0 Å². The van der Waals surface area contributed by atoms with Gasteiger partial charge in [0.15, 0.2) is 0 Å². The van der Waals surface area contributed by atoms with Crippen molar-refractivity contribution in [2.45, 2.75) is 17.4 Å². The Morgan fingerprint density at radius 3 is 2.67 bits per heavy atom. The molecule has 4 heteroatoms. The Balaban J connectivity index is 1.90. The molecular weight excluding hydrogens is 296 g/mol. The van der Waals surface area contributed by atoms with Gasteiger partial charge in [0.1, 0.15) is 0 Å². The first-order valence-electron chi connectivity index (χ1n) is 6.96. The zero-order valence-electron chi connectivity index (χ0n) is 12.2. The summed E-state index contributed by atoms with van der Waals surface area (Å²) < 4.78 is 1.26. The molecule has 21 heavy (non-hydrogen) atoms. The molecule has 0 aliphatic heterocycles. The Labute approximate surface area is 133 Å². The number of nitrogens with one attached hydrogen (secondary N) is 1. The monoisotopic (exact) mass is 314 g/mol. The van der Waals surface area contributed by atoms with E-state index in [4.69, 9.17) is 4.98 Å². The predicted octanol–water partition coefficient (Wildman–Crippen LogP) is 4.52. The molecule has 0 radical (unpaired) electrons. The Morgan fingerprint density at radius 1 is 1.14 bits per heavy atom. The number of fused-ring (bicyclic) bond motifs is 1. The molecule has 2 aromatic carbocycles. The van der Waals surface area contributed by atoms with E-state index in [-0.39, 0.29) is 0 Å². The second kappa shape index (κ2) is 6.60. The standard InChI is InChI=1S/C17H18N2S2/c1-18-14(12-7-3-5-9-15(12)20-2)11-17-19-13-8-4-6-10-16(13)21-17/h3-10,14,18H,11H2,1-2H3. The molecule has 1 atom stereocenters. The van der Waals surface area contributed by atoms with Crippen LogP contribution in [0.5, 0.6) is 0 Å². The van der Waals surface area contributed by atoms with Gasteiger partial charge in [-0.05, 0) is 37.1 Å². The molecule has 0 spiro atoms. The van der Waals surface area contributed by atoms with Gasteiger partial charge in [0.05, 0.1) is 15.2 Å². The number of nitrogens with zero attached hydrogens (tertiary/aromatic N) is 1. The van der Waals surface area contributed by atoms with Gasteiger partial charge >= 0.3 is 0 Å². The van der Waals surface area contributed by atoms with Gasteiger partial charge in [-0.1, -0.05) is 30.3 Å². The van der Waals surface area contributed by atoms with Crippen molar-refractivity contribution in [3.8, 4) is 0 Å². The normalized spacial score (nSPS) is 12.7. The third kappa shape index (κ3) is 3.12. The van der Waals surface area contributed by atoms with Crippen molar-refractivity contribution in [3.63, 3.8) is 0 Å². The van der Waals surface area contributed by atoms with E-state index in [0.717, 1.165) is 11.9 Å². The molecule has 3 aromatic rings. The summed E-state index contributed by atoms with van der Waals surface area (Å²) >= 11 is 3.59. The van der Waals surface area contributed by atoms with Crippen molar-refractivity contribution in [1.82, 2.24) is 10.3 Å². The molecule has 0 amide bonds. The number of hydrogen-bond acceptors (Lipinski definition) is 4. The van der Waals surface area contributed by atoms with Crippen LogP contribution in [0.15, 0.2) is 53.4 Å². The Hall–Kier alpha value is -1.36. The second-order valence-electron chi connectivity index (χ2n) is 4.86. The maximum Gasteiger partial charge on any atom is 0.0957 e. The van der Waals surface area contributed by atoms with Gasteiger partial charge in [0.25, 0.3) is 0 Å². The van der Waals surface area contributed by atoms with Crippen LogP contribution in [0.3, 0.4) is 0 Å². The first-order valence-corrected chi connectivity index (χ1v) is 9.00. The van der Waals surface area contributed by atoms with Crippen LogP contribution >= 0.6 is 23.1 Å². The SMILES string of the molecule is CNC(Cc1nc2ccccc2s1)c1ccccc1SC. The molecule has 0 saturated carbocycles. The van der Waals surface area contributed by atoms with Crippen LogP contribution in [0.4, 0.5) is 0 Å². The second-order valence-corrected chi connectivity index (χ2v) is 6.83. The fraction of sp³-hybridized carbons (Fsp3) is 0.235.